The van der Waals surface area contributed by atoms with Crippen molar-refractivity contribution >= 4 is 35.1 Å². The molecule has 1 N–H and O–H groups in total. The molecule has 19 heavy (non-hydrogen) atoms. The molecule has 0 radical (unpaired) electrons. The first-order valence-electron chi connectivity index (χ1n) is 5.60. The molecule has 0 bridgehead atoms. The van der Waals surface area contributed by atoms with Crippen LogP contribution < -0.4 is 0 Å². The summed E-state index contributed by atoms with van der Waals surface area (Å²) in [6.07, 6.45) is 1.02. The Morgan fingerprint density at radius 1 is 1.42 bits per heavy atom. The topological polar surface area (TPSA) is 83.4 Å². The Hall–Kier alpha value is -1.40. The van der Waals surface area contributed by atoms with Gasteiger partial charge in [0.15, 0.2) is 10.3 Å². The number of carbonyl (C=O) groups is 2. The first-order chi connectivity index (χ1) is 8.86. The minimum Gasteiger partial charge on any atom is -0.480 e. The summed E-state index contributed by atoms with van der Waals surface area (Å²) in [4.78, 5) is 25.0. The van der Waals surface area contributed by atoms with E-state index >= 15 is 0 Å². The van der Waals surface area contributed by atoms with Crippen LogP contribution in [-0.2, 0) is 4.79 Å². The number of nitrogens with zero attached hydrogens (tertiary/aromatic N) is 3. The van der Waals surface area contributed by atoms with Crippen LogP contribution in [0.2, 0.25) is 10.3 Å². The van der Waals surface area contributed by atoms with E-state index in [4.69, 9.17) is 23.2 Å². The maximum absolute atomic E-state index is 12.4. The van der Waals surface area contributed by atoms with Crippen molar-refractivity contribution in [3.05, 3.63) is 21.9 Å². The molecule has 0 spiro atoms. The van der Waals surface area contributed by atoms with Gasteiger partial charge in [-0.15, -0.1) is 10.2 Å². The second-order valence-electron chi connectivity index (χ2n) is 4.51. The molecule has 1 aromatic heterocycles. The third-order valence-corrected chi connectivity index (χ3v) is 3.76. The fraction of sp³-hybridized carbons (Fsp3) is 0.455. The lowest BCUT2D eigenvalue weighted by Crippen LogP contribution is -2.50. The first-order valence-corrected chi connectivity index (χ1v) is 6.36. The summed E-state index contributed by atoms with van der Waals surface area (Å²) in [5.74, 6) is -1.54. The fourth-order valence-corrected chi connectivity index (χ4v) is 2.48. The molecule has 1 saturated heterocycles. The fourth-order valence-electron chi connectivity index (χ4n) is 2.16. The maximum atomic E-state index is 12.4. The van der Waals surface area contributed by atoms with E-state index in [0.29, 0.717) is 19.4 Å². The molecular formula is C11H11Cl2N3O3. The zero-order chi connectivity index (χ0) is 14.2. The van der Waals surface area contributed by atoms with Crippen LogP contribution in [0.3, 0.4) is 0 Å². The average molecular weight is 304 g/mol. The van der Waals surface area contributed by atoms with Crippen molar-refractivity contribution < 1.29 is 14.7 Å². The second kappa shape index (κ2) is 4.94. The molecule has 1 fully saturated rings. The number of halogens is 2. The van der Waals surface area contributed by atoms with Crippen molar-refractivity contribution in [2.45, 2.75) is 25.3 Å². The van der Waals surface area contributed by atoms with E-state index in [-0.39, 0.29) is 15.9 Å². The van der Waals surface area contributed by atoms with Gasteiger partial charge in [-0.2, -0.15) is 0 Å². The van der Waals surface area contributed by atoms with Gasteiger partial charge >= 0.3 is 5.97 Å². The average Bonchev–Trinajstić information content (AvgIpc) is 2.75. The van der Waals surface area contributed by atoms with Crippen LogP contribution in [-0.4, -0.2) is 44.2 Å². The number of amides is 1. The lowest BCUT2D eigenvalue weighted by Gasteiger charge is -2.31. The van der Waals surface area contributed by atoms with Crippen LogP contribution in [0.5, 0.6) is 0 Å². The van der Waals surface area contributed by atoms with E-state index in [2.05, 4.69) is 10.2 Å². The van der Waals surface area contributed by atoms with Crippen molar-refractivity contribution in [1.29, 1.82) is 0 Å². The van der Waals surface area contributed by atoms with Gasteiger partial charge in [0, 0.05) is 6.54 Å². The predicted molar refractivity (Wildman–Crippen MR) is 68.4 cm³/mol. The number of hydrogen-bond donors (Lipinski definition) is 1. The quantitative estimate of drug-likeness (QED) is 0.901. The van der Waals surface area contributed by atoms with Gasteiger partial charge in [-0.05, 0) is 25.8 Å². The van der Waals surface area contributed by atoms with Gasteiger partial charge in [-0.3, -0.25) is 4.79 Å². The van der Waals surface area contributed by atoms with Crippen LogP contribution in [0, 0.1) is 0 Å². The largest absolute Gasteiger partial charge is 0.480 e. The van der Waals surface area contributed by atoms with Gasteiger partial charge in [0.05, 0.1) is 5.56 Å². The maximum Gasteiger partial charge on any atom is 0.329 e. The van der Waals surface area contributed by atoms with Crippen molar-refractivity contribution in [1.82, 2.24) is 15.1 Å². The predicted octanol–water partition coefficient (Wildman–Crippen LogP) is 1.86. The van der Waals surface area contributed by atoms with Gasteiger partial charge in [0.2, 0.25) is 0 Å². The summed E-state index contributed by atoms with van der Waals surface area (Å²) >= 11 is 11.5. The van der Waals surface area contributed by atoms with Crippen LogP contribution in [0.1, 0.15) is 30.1 Å². The Balaban J connectivity index is 2.39. The second-order valence-corrected chi connectivity index (χ2v) is 5.26. The normalized spacial score (nSPS) is 22.6. The number of carboxylic acid groups (broad SMARTS) is 1. The Morgan fingerprint density at radius 2 is 2.11 bits per heavy atom. The molecule has 102 valence electrons. The number of carboxylic acids is 1. The lowest BCUT2D eigenvalue weighted by molar-refractivity contribution is -0.147. The number of hydrogen-bond acceptors (Lipinski definition) is 4. The molecule has 1 aromatic rings. The highest BCUT2D eigenvalue weighted by molar-refractivity contribution is 6.34. The van der Waals surface area contributed by atoms with E-state index in [9.17, 15) is 14.7 Å². The highest BCUT2D eigenvalue weighted by atomic mass is 35.5. The minimum absolute atomic E-state index is 0.0315. The molecular weight excluding hydrogens is 293 g/mol. The third-order valence-electron chi connectivity index (χ3n) is 3.30. The number of rotatable bonds is 2. The molecule has 1 aliphatic rings. The number of carbonyl (C=O) groups excluding carboxylic acids is 1. The lowest BCUT2D eigenvalue weighted by atomic mass is 9.99. The monoisotopic (exact) mass is 303 g/mol. The van der Waals surface area contributed by atoms with E-state index in [1.54, 1.807) is 0 Å². The Morgan fingerprint density at radius 3 is 2.74 bits per heavy atom. The molecule has 0 aliphatic carbocycles. The molecule has 8 heteroatoms. The van der Waals surface area contributed by atoms with Gasteiger partial charge < -0.3 is 10.0 Å². The molecule has 1 amide bonds. The molecule has 1 aliphatic heterocycles. The van der Waals surface area contributed by atoms with Gasteiger partial charge in [0.25, 0.3) is 5.91 Å². The first kappa shape index (κ1) is 14.0. The van der Waals surface area contributed by atoms with Crippen molar-refractivity contribution in [3.63, 3.8) is 0 Å². The molecule has 2 rings (SSSR count). The standard InChI is InChI=1S/C11H11Cl2N3O3/c1-11(10(18)19)3-2-4-16(11)9(17)6-5-7(12)14-15-8(6)13/h5H,2-4H2,1H3,(H,18,19). The summed E-state index contributed by atoms with van der Waals surface area (Å²) in [6, 6.07) is 1.29. The highest BCUT2D eigenvalue weighted by Crippen LogP contribution is 2.32. The molecule has 6 nitrogen and oxygen atoms in total. The van der Waals surface area contributed by atoms with Crippen molar-refractivity contribution in [2.24, 2.45) is 0 Å². The summed E-state index contributed by atoms with van der Waals surface area (Å²) in [5.41, 5.74) is -1.16. The van der Waals surface area contributed by atoms with Crippen LogP contribution in [0.25, 0.3) is 0 Å². The molecule has 1 atom stereocenters. The van der Waals surface area contributed by atoms with Gasteiger partial charge in [-0.25, -0.2) is 4.79 Å². The highest BCUT2D eigenvalue weighted by Gasteiger charge is 2.46. The van der Waals surface area contributed by atoms with Crippen molar-refractivity contribution in [2.75, 3.05) is 6.54 Å². The van der Waals surface area contributed by atoms with Gasteiger partial charge in [0.1, 0.15) is 5.54 Å². The number of aromatic nitrogens is 2. The van der Waals surface area contributed by atoms with Crippen molar-refractivity contribution in [3.8, 4) is 0 Å². The number of likely N-dealkylation sites (tertiary alicyclic amines) is 1. The smallest absolute Gasteiger partial charge is 0.329 e. The van der Waals surface area contributed by atoms with Crippen LogP contribution >= 0.6 is 23.2 Å². The molecule has 0 saturated carbocycles. The summed E-state index contributed by atoms with van der Waals surface area (Å²) < 4.78 is 0. The Labute approximate surface area is 119 Å². The third kappa shape index (κ3) is 2.37. The zero-order valence-electron chi connectivity index (χ0n) is 10.1. The summed E-state index contributed by atoms with van der Waals surface area (Å²) in [5, 5.41) is 16.3. The summed E-state index contributed by atoms with van der Waals surface area (Å²) in [7, 11) is 0. The minimum atomic E-state index is -1.23. The van der Waals surface area contributed by atoms with E-state index in [1.807, 2.05) is 0 Å². The van der Waals surface area contributed by atoms with E-state index in [0.717, 1.165) is 0 Å². The van der Waals surface area contributed by atoms with E-state index in [1.165, 1.54) is 17.9 Å². The number of aliphatic carboxylic acids is 1. The van der Waals surface area contributed by atoms with E-state index < -0.39 is 17.4 Å². The van der Waals surface area contributed by atoms with Gasteiger partial charge in [-0.1, -0.05) is 23.2 Å². The Bertz CT molecular complexity index is 552. The SMILES string of the molecule is CC1(C(=O)O)CCCN1C(=O)c1cc(Cl)nnc1Cl. The molecule has 2 heterocycles. The zero-order valence-corrected chi connectivity index (χ0v) is 11.6. The van der Waals surface area contributed by atoms with Crippen LogP contribution in [0.4, 0.5) is 0 Å². The van der Waals surface area contributed by atoms with Crippen LogP contribution in [0.15, 0.2) is 6.07 Å². The Kier molecular flexibility index (Phi) is 3.64. The summed E-state index contributed by atoms with van der Waals surface area (Å²) in [6.45, 7) is 1.88. The molecule has 0 aromatic carbocycles. The molecule has 1 unspecified atom stereocenters.